The van der Waals surface area contributed by atoms with Crippen LogP contribution in [0.15, 0.2) is 36.4 Å². The van der Waals surface area contributed by atoms with Gasteiger partial charge in [0.25, 0.3) is 5.91 Å². The zero-order chi connectivity index (χ0) is 23.3. The van der Waals surface area contributed by atoms with Crippen molar-refractivity contribution in [2.75, 3.05) is 17.1 Å². The number of rotatable bonds is 4. The highest BCUT2D eigenvalue weighted by atomic mass is 32.2. The fourth-order valence-electron chi connectivity index (χ4n) is 4.42. The number of aryl methyl sites for hydroxylation is 2. The van der Waals surface area contributed by atoms with Gasteiger partial charge in [0.1, 0.15) is 5.75 Å². The van der Waals surface area contributed by atoms with E-state index < -0.39 is 16.1 Å². The zero-order valence-corrected chi connectivity index (χ0v) is 20.3. The van der Waals surface area contributed by atoms with E-state index >= 15 is 0 Å². The molecule has 4 rings (SSSR count). The van der Waals surface area contributed by atoms with Gasteiger partial charge in [-0.25, -0.2) is 8.42 Å². The third-order valence-electron chi connectivity index (χ3n) is 6.37. The Morgan fingerprint density at radius 1 is 1.12 bits per heavy atom. The number of carbonyl (C=O) groups is 1. The lowest BCUT2D eigenvalue weighted by molar-refractivity contribution is -0.128. The molecule has 0 bridgehead atoms. The molecule has 0 fully saturated rings. The number of nitrogens with one attached hydrogen (secondary N) is 1. The van der Waals surface area contributed by atoms with E-state index in [1.165, 1.54) is 21.9 Å². The zero-order valence-electron chi connectivity index (χ0n) is 19.4. The van der Waals surface area contributed by atoms with E-state index in [0.29, 0.717) is 11.4 Å². The van der Waals surface area contributed by atoms with Crippen LogP contribution in [-0.2, 0) is 33.1 Å². The van der Waals surface area contributed by atoms with Crippen molar-refractivity contribution in [2.24, 2.45) is 0 Å². The first kappa shape index (κ1) is 22.6. The van der Waals surface area contributed by atoms with Crippen LogP contribution in [0.4, 0.5) is 5.69 Å². The molecule has 172 valence electrons. The summed E-state index contributed by atoms with van der Waals surface area (Å²) in [5, 5.41) is 3.01. The van der Waals surface area contributed by atoms with Gasteiger partial charge in [-0.05, 0) is 66.0 Å². The first-order chi connectivity index (χ1) is 14.9. The van der Waals surface area contributed by atoms with Gasteiger partial charge < -0.3 is 10.1 Å². The van der Waals surface area contributed by atoms with Crippen LogP contribution in [0.2, 0.25) is 0 Å². The first-order valence-electron chi connectivity index (χ1n) is 11.1. The third kappa shape index (κ3) is 4.49. The van der Waals surface area contributed by atoms with Gasteiger partial charge in [-0.2, -0.15) is 0 Å². The van der Waals surface area contributed by atoms with Gasteiger partial charge in [-0.1, -0.05) is 45.0 Å². The number of ether oxygens (including phenoxy) is 1. The Morgan fingerprint density at radius 2 is 1.84 bits per heavy atom. The van der Waals surface area contributed by atoms with Crippen molar-refractivity contribution in [3.8, 4) is 5.75 Å². The Bertz CT molecular complexity index is 1150. The van der Waals surface area contributed by atoms with E-state index in [2.05, 4.69) is 44.3 Å². The number of benzene rings is 2. The van der Waals surface area contributed by atoms with Crippen LogP contribution in [0.3, 0.4) is 0 Å². The second-order valence-electron chi connectivity index (χ2n) is 9.95. The van der Waals surface area contributed by atoms with Crippen molar-refractivity contribution in [1.82, 2.24) is 5.32 Å². The average Bonchev–Trinajstić information content (AvgIpc) is 3.18. The van der Waals surface area contributed by atoms with Gasteiger partial charge >= 0.3 is 0 Å². The van der Waals surface area contributed by atoms with Crippen molar-refractivity contribution < 1.29 is 17.9 Å². The summed E-state index contributed by atoms with van der Waals surface area (Å²) in [6.45, 7) is 8.09. The molecule has 2 atom stereocenters. The monoisotopic (exact) mass is 456 g/mol. The molecule has 2 aliphatic rings. The highest BCUT2D eigenvalue weighted by molar-refractivity contribution is 7.92. The Hall–Kier alpha value is -2.54. The summed E-state index contributed by atoms with van der Waals surface area (Å²) >= 11 is 0. The summed E-state index contributed by atoms with van der Waals surface area (Å²) in [5.41, 5.74) is 5.13. The third-order valence-corrected chi connectivity index (χ3v) is 7.52. The summed E-state index contributed by atoms with van der Waals surface area (Å²) in [6.07, 6.45) is 3.60. The van der Waals surface area contributed by atoms with E-state index in [-0.39, 0.29) is 23.9 Å². The summed E-state index contributed by atoms with van der Waals surface area (Å²) in [7, 11) is -3.58. The molecule has 32 heavy (non-hydrogen) atoms. The van der Waals surface area contributed by atoms with Crippen LogP contribution in [0.1, 0.15) is 62.4 Å². The van der Waals surface area contributed by atoms with Crippen LogP contribution < -0.4 is 14.4 Å². The molecule has 1 heterocycles. The Morgan fingerprint density at radius 3 is 2.53 bits per heavy atom. The van der Waals surface area contributed by atoms with E-state index in [4.69, 9.17) is 4.74 Å². The highest BCUT2D eigenvalue weighted by Gasteiger charge is 2.36. The number of amides is 1. The molecule has 0 unspecified atom stereocenters. The van der Waals surface area contributed by atoms with Gasteiger partial charge in [0, 0.05) is 0 Å². The normalized spacial score (nSPS) is 19.0. The van der Waals surface area contributed by atoms with Crippen LogP contribution in [0.25, 0.3) is 0 Å². The lowest BCUT2D eigenvalue weighted by atomic mass is 9.86. The second kappa shape index (κ2) is 8.10. The molecule has 7 heteroatoms. The summed E-state index contributed by atoms with van der Waals surface area (Å²) in [4.78, 5) is 13.1. The van der Waals surface area contributed by atoms with E-state index in [1.54, 1.807) is 6.07 Å². The molecule has 6 nitrogen and oxygen atoms in total. The topological polar surface area (TPSA) is 75.7 Å². The lowest BCUT2D eigenvalue weighted by Gasteiger charge is -2.35. The quantitative estimate of drug-likeness (QED) is 0.758. The number of hydrogen-bond acceptors (Lipinski definition) is 4. The van der Waals surface area contributed by atoms with E-state index in [0.717, 1.165) is 30.2 Å². The molecular formula is C25H32N2O4S. The number of hydrogen-bond donors (Lipinski definition) is 1. The molecule has 0 radical (unpaired) electrons. The van der Waals surface area contributed by atoms with Crippen molar-refractivity contribution in [2.45, 2.75) is 64.5 Å². The lowest BCUT2D eigenvalue weighted by Crippen LogP contribution is -2.50. The van der Waals surface area contributed by atoms with Crippen LogP contribution in [0, 0.1) is 0 Å². The SMILES string of the molecule is C[C@H](NC(=O)[C@@H]1CN(S(C)(=O)=O)c2cc(C(C)(C)C)ccc2O1)c1ccc2c(c1)CCC2. The average molecular weight is 457 g/mol. The molecule has 1 N–H and O–H groups in total. The minimum Gasteiger partial charge on any atom is -0.476 e. The number of nitrogens with zero attached hydrogens (tertiary/aromatic N) is 1. The Kier molecular flexibility index (Phi) is 5.74. The minimum absolute atomic E-state index is 0.0534. The van der Waals surface area contributed by atoms with Crippen molar-refractivity contribution in [3.63, 3.8) is 0 Å². The number of carbonyl (C=O) groups excluding carboxylic acids is 1. The molecule has 0 aromatic heterocycles. The van der Waals surface area contributed by atoms with Gasteiger partial charge in [0.15, 0.2) is 6.10 Å². The van der Waals surface area contributed by atoms with Gasteiger partial charge in [0.2, 0.25) is 10.0 Å². The minimum atomic E-state index is -3.58. The van der Waals surface area contributed by atoms with E-state index in [9.17, 15) is 13.2 Å². The largest absolute Gasteiger partial charge is 0.476 e. The van der Waals surface area contributed by atoms with Crippen LogP contribution in [-0.4, -0.2) is 33.2 Å². The fraction of sp³-hybridized carbons (Fsp3) is 0.480. The molecule has 1 amide bonds. The Balaban J connectivity index is 1.56. The predicted molar refractivity (Wildman–Crippen MR) is 127 cm³/mol. The van der Waals surface area contributed by atoms with Crippen molar-refractivity contribution >= 4 is 21.6 Å². The van der Waals surface area contributed by atoms with Crippen LogP contribution >= 0.6 is 0 Å². The molecule has 0 saturated heterocycles. The molecular weight excluding hydrogens is 424 g/mol. The molecule has 1 aliphatic heterocycles. The fourth-order valence-corrected chi connectivity index (χ4v) is 5.33. The number of sulfonamides is 1. The van der Waals surface area contributed by atoms with Crippen molar-refractivity contribution in [1.29, 1.82) is 0 Å². The van der Waals surface area contributed by atoms with E-state index in [1.807, 2.05) is 19.1 Å². The first-order valence-corrected chi connectivity index (χ1v) is 13.0. The Labute approximate surface area is 191 Å². The molecule has 1 aliphatic carbocycles. The predicted octanol–water partition coefficient (Wildman–Crippen LogP) is 3.88. The van der Waals surface area contributed by atoms with Gasteiger partial charge in [-0.15, -0.1) is 0 Å². The maximum atomic E-state index is 13.1. The van der Waals surface area contributed by atoms with Crippen LogP contribution in [0.5, 0.6) is 5.75 Å². The van der Waals surface area contributed by atoms with Gasteiger partial charge in [-0.3, -0.25) is 9.10 Å². The van der Waals surface area contributed by atoms with Crippen molar-refractivity contribution in [3.05, 3.63) is 58.7 Å². The standard InChI is InChI=1S/C25H32N2O4S/c1-16(18-10-9-17-7-6-8-19(17)13-18)26-24(28)23-15-27(32(5,29)30)21-14-20(25(2,3)4)11-12-22(21)31-23/h9-14,16,23H,6-8,15H2,1-5H3,(H,26,28)/t16-,23-/m0/s1. The molecule has 0 spiro atoms. The molecule has 2 aromatic carbocycles. The number of anilines is 1. The van der Waals surface area contributed by atoms with Gasteiger partial charge in [0.05, 0.1) is 24.5 Å². The second-order valence-corrected chi connectivity index (χ2v) is 11.9. The molecule has 0 saturated carbocycles. The smallest absolute Gasteiger partial charge is 0.263 e. The molecule has 2 aromatic rings. The maximum Gasteiger partial charge on any atom is 0.263 e. The number of fused-ring (bicyclic) bond motifs is 2. The maximum absolute atomic E-state index is 13.1. The summed E-state index contributed by atoms with van der Waals surface area (Å²) in [6, 6.07) is 11.7. The highest BCUT2D eigenvalue weighted by Crippen LogP contribution is 2.38. The summed E-state index contributed by atoms with van der Waals surface area (Å²) < 4.78 is 32.4. The summed E-state index contributed by atoms with van der Waals surface area (Å²) in [5.74, 6) is 0.0807.